The second-order valence-electron chi connectivity index (χ2n) is 6.67. The third-order valence-corrected chi connectivity index (χ3v) is 4.07. The van der Waals surface area contributed by atoms with Crippen molar-refractivity contribution < 1.29 is 18.7 Å². The molecule has 8 nitrogen and oxygen atoms in total. The summed E-state index contributed by atoms with van der Waals surface area (Å²) in [5, 5.41) is 10.5. The topological polar surface area (TPSA) is 97.6 Å². The van der Waals surface area contributed by atoms with Crippen LogP contribution in [-0.2, 0) is 11.3 Å². The average Bonchev–Trinajstić information content (AvgIpc) is 3.14. The second kappa shape index (κ2) is 7.15. The number of rotatable bonds is 7. The number of ether oxygens (including phenoxy) is 1. The molecule has 1 saturated heterocycles. The Bertz CT molecular complexity index is 798. The normalized spacial score (nSPS) is 16.0. The summed E-state index contributed by atoms with van der Waals surface area (Å²) in [5.74, 6) is 0.982. The summed E-state index contributed by atoms with van der Waals surface area (Å²) in [5.41, 5.74) is -0.183. The lowest BCUT2D eigenvalue weighted by Gasteiger charge is -2.14. The molecule has 3 rings (SSSR count). The van der Waals surface area contributed by atoms with E-state index in [9.17, 15) is 9.59 Å². The molecule has 0 spiro atoms. The Kier molecular flexibility index (Phi) is 4.92. The molecule has 0 bridgehead atoms. The second-order valence-corrected chi connectivity index (χ2v) is 6.67. The minimum absolute atomic E-state index is 0.0562. The van der Waals surface area contributed by atoms with Gasteiger partial charge >= 0.3 is 6.03 Å². The van der Waals surface area contributed by atoms with Gasteiger partial charge in [0.25, 0.3) is 5.91 Å². The van der Waals surface area contributed by atoms with Gasteiger partial charge in [0.1, 0.15) is 17.8 Å². The molecule has 0 unspecified atom stereocenters. The molecule has 138 valence electrons. The number of carbonyl (C=O) groups is 2. The summed E-state index contributed by atoms with van der Waals surface area (Å²) in [7, 11) is 0. The fourth-order valence-electron chi connectivity index (χ4n) is 2.56. The van der Waals surface area contributed by atoms with Gasteiger partial charge in [-0.1, -0.05) is 13.3 Å². The van der Waals surface area contributed by atoms with Crippen molar-refractivity contribution in [2.45, 2.75) is 45.7 Å². The molecule has 0 aliphatic carbocycles. The fourth-order valence-corrected chi connectivity index (χ4v) is 2.56. The molecule has 1 aliphatic rings. The Hall–Kier alpha value is -2.90. The maximum Gasteiger partial charge on any atom is 0.325 e. The summed E-state index contributed by atoms with van der Waals surface area (Å²) in [6.07, 6.45) is 2.09. The monoisotopic (exact) mass is 358 g/mol. The average molecular weight is 358 g/mol. The molecule has 2 heterocycles. The van der Waals surface area contributed by atoms with Gasteiger partial charge in [-0.3, -0.25) is 9.69 Å². The van der Waals surface area contributed by atoms with Crippen LogP contribution >= 0.6 is 0 Å². The molecular formula is C18H22N4O4. The van der Waals surface area contributed by atoms with Gasteiger partial charge in [0.2, 0.25) is 11.8 Å². The summed E-state index contributed by atoms with van der Waals surface area (Å²) < 4.78 is 11.2. The summed E-state index contributed by atoms with van der Waals surface area (Å²) in [4.78, 5) is 25.2. The van der Waals surface area contributed by atoms with Crippen LogP contribution in [-0.4, -0.2) is 39.2 Å². The van der Waals surface area contributed by atoms with Gasteiger partial charge in [0.15, 0.2) is 0 Å². The number of nitrogens with one attached hydrogen (secondary N) is 1. The van der Waals surface area contributed by atoms with Crippen LogP contribution in [0, 0.1) is 0 Å². The highest BCUT2D eigenvalue weighted by Gasteiger charge is 2.44. The lowest BCUT2D eigenvalue weighted by molar-refractivity contribution is -0.130. The van der Waals surface area contributed by atoms with Gasteiger partial charge in [-0.25, -0.2) is 4.79 Å². The minimum atomic E-state index is -0.923. The molecule has 0 saturated carbocycles. The van der Waals surface area contributed by atoms with E-state index in [0.717, 1.165) is 29.1 Å². The predicted molar refractivity (Wildman–Crippen MR) is 93.3 cm³/mol. The number of unbranched alkanes of at least 4 members (excludes halogenated alkanes) is 1. The van der Waals surface area contributed by atoms with Gasteiger partial charge in [-0.2, -0.15) is 0 Å². The lowest BCUT2D eigenvalue weighted by atomic mass is 10.1. The number of benzene rings is 1. The summed E-state index contributed by atoms with van der Waals surface area (Å²) in [6, 6.07) is 6.88. The van der Waals surface area contributed by atoms with Crippen LogP contribution in [0.3, 0.4) is 0 Å². The number of aromatic nitrogens is 2. The van der Waals surface area contributed by atoms with E-state index in [2.05, 4.69) is 22.4 Å². The van der Waals surface area contributed by atoms with E-state index in [1.54, 1.807) is 13.8 Å². The first kappa shape index (κ1) is 17.9. The van der Waals surface area contributed by atoms with Gasteiger partial charge < -0.3 is 14.5 Å². The van der Waals surface area contributed by atoms with E-state index < -0.39 is 11.6 Å². The molecule has 0 atom stereocenters. The number of nitrogens with zero attached hydrogens (tertiary/aromatic N) is 3. The molecule has 2 aromatic rings. The molecule has 26 heavy (non-hydrogen) atoms. The zero-order chi connectivity index (χ0) is 18.7. The number of amides is 3. The molecule has 3 amide bonds. The highest BCUT2D eigenvalue weighted by atomic mass is 16.5. The van der Waals surface area contributed by atoms with Gasteiger partial charge in [0.05, 0.1) is 6.61 Å². The van der Waals surface area contributed by atoms with Crippen molar-refractivity contribution in [3.05, 3.63) is 30.2 Å². The standard InChI is InChI=1S/C18H22N4O4/c1-4-5-10-25-13-8-6-12(7-9-13)15-21-20-14(26-15)11-22-16(23)18(2,3)19-17(22)24/h6-9H,4-5,10-11H2,1-3H3,(H,19,24). The van der Waals surface area contributed by atoms with Crippen molar-refractivity contribution in [1.82, 2.24) is 20.4 Å². The maximum atomic E-state index is 12.2. The van der Waals surface area contributed by atoms with Crippen molar-refractivity contribution in [3.8, 4) is 17.2 Å². The fraction of sp³-hybridized carbons (Fsp3) is 0.444. The van der Waals surface area contributed by atoms with Crippen LogP contribution in [0.25, 0.3) is 11.5 Å². The van der Waals surface area contributed by atoms with Crippen molar-refractivity contribution >= 4 is 11.9 Å². The highest BCUT2D eigenvalue weighted by Crippen LogP contribution is 2.23. The summed E-state index contributed by atoms with van der Waals surface area (Å²) >= 11 is 0. The van der Waals surface area contributed by atoms with Crippen LogP contribution < -0.4 is 10.1 Å². The Balaban J connectivity index is 1.66. The Morgan fingerprint density at radius 1 is 1.19 bits per heavy atom. The minimum Gasteiger partial charge on any atom is -0.494 e. The first-order valence-electron chi connectivity index (χ1n) is 8.60. The number of imide groups is 1. The molecular weight excluding hydrogens is 336 g/mol. The Morgan fingerprint density at radius 2 is 1.92 bits per heavy atom. The first-order chi connectivity index (χ1) is 12.4. The molecule has 0 radical (unpaired) electrons. The molecule has 8 heteroatoms. The van der Waals surface area contributed by atoms with Crippen molar-refractivity contribution in [1.29, 1.82) is 0 Å². The van der Waals surface area contributed by atoms with Crippen LogP contribution in [0.15, 0.2) is 28.7 Å². The Labute approximate surface area is 151 Å². The van der Waals surface area contributed by atoms with Crippen molar-refractivity contribution in [2.75, 3.05) is 6.61 Å². The summed E-state index contributed by atoms with van der Waals surface area (Å²) in [6.45, 7) is 6.04. The van der Waals surface area contributed by atoms with Crippen LogP contribution in [0.4, 0.5) is 4.79 Å². The van der Waals surface area contributed by atoms with Crippen molar-refractivity contribution in [2.24, 2.45) is 0 Å². The molecule has 1 aliphatic heterocycles. The van der Waals surface area contributed by atoms with Crippen molar-refractivity contribution in [3.63, 3.8) is 0 Å². The highest BCUT2D eigenvalue weighted by molar-refractivity contribution is 6.06. The number of carbonyl (C=O) groups excluding carboxylic acids is 2. The van der Waals surface area contributed by atoms with Crippen LogP contribution in [0.1, 0.15) is 39.5 Å². The number of urea groups is 1. The number of hydrogen-bond acceptors (Lipinski definition) is 6. The smallest absolute Gasteiger partial charge is 0.325 e. The molecule has 1 aromatic carbocycles. The quantitative estimate of drug-likeness (QED) is 0.604. The van der Waals surface area contributed by atoms with E-state index in [4.69, 9.17) is 9.15 Å². The van der Waals surface area contributed by atoms with E-state index in [1.165, 1.54) is 0 Å². The zero-order valence-electron chi connectivity index (χ0n) is 15.1. The SMILES string of the molecule is CCCCOc1ccc(-c2nnc(CN3C(=O)NC(C)(C)C3=O)o2)cc1. The van der Waals surface area contributed by atoms with Gasteiger partial charge in [-0.05, 0) is 44.5 Å². The Morgan fingerprint density at radius 3 is 2.54 bits per heavy atom. The third-order valence-electron chi connectivity index (χ3n) is 4.07. The van der Waals surface area contributed by atoms with E-state index >= 15 is 0 Å². The van der Waals surface area contributed by atoms with Gasteiger partial charge in [-0.15, -0.1) is 10.2 Å². The van der Waals surface area contributed by atoms with Gasteiger partial charge in [0, 0.05) is 5.56 Å². The largest absolute Gasteiger partial charge is 0.494 e. The van der Waals surface area contributed by atoms with E-state index in [0.29, 0.717) is 12.5 Å². The predicted octanol–water partition coefficient (Wildman–Crippen LogP) is 2.75. The third kappa shape index (κ3) is 3.68. The molecule has 1 N–H and O–H groups in total. The van der Waals surface area contributed by atoms with E-state index in [-0.39, 0.29) is 18.3 Å². The molecule has 1 aromatic heterocycles. The molecule has 1 fully saturated rings. The first-order valence-corrected chi connectivity index (χ1v) is 8.60. The number of hydrogen-bond donors (Lipinski definition) is 1. The maximum absolute atomic E-state index is 12.2. The van der Waals surface area contributed by atoms with E-state index in [1.807, 2.05) is 24.3 Å². The zero-order valence-corrected chi connectivity index (χ0v) is 15.1. The lowest BCUT2D eigenvalue weighted by Crippen LogP contribution is -2.40. The van der Waals surface area contributed by atoms with Crippen LogP contribution in [0.2, 0.25) is 0 Å². The van der Waals surface area contributed by atoms with Crippen LogP contribution in [0.5, 0.6) is 5.75 Å².